The van der Waals surface area contributed by atoms with Gasteiger partial charge in [-0.3, -0.25) is 4.79 Å². The van der Waals surface area contributed by atoms with E-state index in [1.807, 2.05) is 24.3 Å². The van der Waals surface area contributed by atoms with Crippen LogP contribution in [0.5, 0.6) is 5.75 Å². The van der Waals surface area contributed by atoms with Crippen molar-refractivity contribution in [3.63, 3.8) is 0 Å². The summed E-state index contributed by atoms with van der Waals surface area (Å²) in [4.78, 5) is 29.9. The summed E-state index contributed by atoms with van der Waals surface area (Å²) in [6, 6.07) is 9.56. The summed E-state index contributed by atoms with van der Waals surface area (Å²) in [6.45, 7) is 1.36. The van der Waals surface area contributed by atoms with Gasteiger partial charge >= 0.3 is 0 Å². The zero-order chi connectivity index (χ0) is 19.8. The molecule has 2 aromatic carbocycles. The molecule has 0 bridgehead atoms. The molecule has 146 valence electrons. The molecule has 1 aliphatic rings. The molecule has 29 heavy (non-hydrogen) atoms. The van der Waals surface area contributed by atoms with E-state index in [-0.39, 0.29) is 6.04 Å². The largest absolute Gasteiger partial charge is 0.491 e. The predicted molar refractivity (Wildman–Crippen MR) is 111 cm³/mol. The van der Waals surface area contributed by atoms with Crippen LogP contribution in [0.1, 0.15) is 23.2 Å². The second kappa shape index (κ2) is 7.05. The number of nitrogens with one attached hydrogen (secondary N) is 1. The Kier molecular flexibility index (Phi) is 4.23. The standard InChI is InChI=1S/C21H20N6O2/c22-16-7-6-13-3-1-5-17(18(13)15(16)9-28)29-10-14-4-2-8-27(14)21-19-20(24-11-23-19)25-12-26-21/h1,3,5-7,9,11-12,14H,2,4,8,10,22H2,(H,23,24,25,26)/t14-/m1/s1. The Hall–Kier alpha value is -3.68. The van der Waals surface area contributed by atoms with Gasteiger partial charge in [-0.05, 0) is 30.4 Å². The number of aldehydes is 1. The first kappa shape index (κ1) is 17.4. The molecule has 0 spiro atoms. The number of H-pyrrole nitrogens is 1. The molecule has 1 aliphatic heterocycles. The molecule has 8 nitrogen and oxygen atoms in total. The van der Waals surface area contributed by atoms with Crippen molar-refractivity contribution in [1.29, 1.82) is 0 Å². The summed E-state index contributed by atoms with van der Waals surface area (Å²) in [6.07, 6.45) is 6.01. The molecule has 1 fully saturated rings. The first-order valence-corrected chi connectivity index (χ1v) is 9.56. The molecular formula is C21H20N6O2. The number of hydrogen-bond donors (Lipinski definition) is 2. The van der Waals surface area contributed by atoms with Crippen LogP contribution in [-0.2, 0) is 0 Å². The Balaban J connectivity index is 1.45. The summed E-state index contributed by atoms with van der Waals surface area (Å²) in [5.41, 5.74) is 8.41. The lowest BCUT2D eigenvalue weighted by Crippen LogP contribution is -2.35. The molecule has 0 saturated carbocycles. The number of nitrogen functional groups attached to an aromatic ring is 1. The molecule has 1 saturated heterocycles. The van der Waals surface area contributed by atoms with Crippen molar-refractivity contribution in [1.82, 2.24) is 19.9 Å². The highest BCUT2D eigenvalue weighted by Gasteiger charge is 2.28. The first-order valence-electron chi connectivity index (χ1n) is 9.56. The lowest BCUT2D eigenvalue weighted by Gasteiger charge is -2.26. The molecule has 8 heteroatoms. The van der Waals surface area contributed by atoms with E-state index in [1.54, 1.807) is 18.7 Å². The highest BCUT2D eigenvalue weighted by molar-refractivity contribution is 6.06. The Morgan fingerprint density at radius 3 is 3.07 bits per heavy atom. The average Bonchev–Trinajstić information content (AvgIpc) is 3.41. The van der Waals surface area contributed by atoms with Gasteiger partial charge < -0.3 is 20.4 Å². The minimum atomic E-state index is 0.154. The molecule has 2 aromatic heterocycles. The van der Waals surface area contributed by atoms with Crippen LogP contribution in [0, 0.1) is 0 Å². The third kappa shape index (κ3) is 2.93. The first-order chi connectivity index (χ1) is 14.3. The number of fused-ring (bicyclic) bond motifs is 2. The fraction of sp³-hybridized carbons (Fsp3) is 0.238. The van der Waals surface area contributed by atoms with Crippen LogP contribution in [-0.4, -0.2) is 45.4 Å². The highest BCUT2D eigenvalue weighted by Crippen LogP contribution is 2.33. The number of aromatic nitrogens is 4. The van der Waals surface area contributed by atoms with Crippen molar-refractivity contribution in [2.24, 2.45) is 0 Å². The zero-order valence-electron chi connectivity index (χ0n) is 15.7. The number of benzene rings is 2. The van der Waals surface area contributed by atoms with E-state index in [0.29, 0.717) is 23.6 Å². The predicted octanol–water partition coefficient (Wildman–Crippen LogP) is 2.95. The fourth-order valence-corrected chi connectivity index (χ4v) is 4.07. The third-order valence-corrected chi connectivity index (χ3v) is 5.48. The second-order valence-electron chi connectivity index (χ2n) is 7.14. The Morgan fingerprint density at radius 1 is 1.24 bits per heavy atom. The maximum atomic E-state index is 11.6. The van der Waals surface area contributed by atoms with Gasteiger partial charge in [0.2, 0.25) is 0 Å². The van der Waals surface area contributed by atoms with Crippen molar-refractivity contribution in [3.05, 3.63) is 48.5 Å². The number of anilines is 2. The topological polar surface area (TPSA) is 110 Å². The highest BCUT2D eigenvalue weighted by atomic mass is 16.5. The number of hydrogen-bond acceptors (Lipinski definition) is 7. The summed E-state index contributed by atoms with van der Waals surface area (Å²) in [7, 11) is 0. The van der Waals surface area contributed by atoms with Crippen molar-refractivity contribution in [2.75, 3.05) is 23.8 Å². The molecule has 3 heterocycles. The number of nitrogens with zero attached hydrogens (tertiary/aromatic N) is 4. The van der Waals surface area contributed by atoms with E-state index in [1.165, 1.54) is 0 Å². The second-order valence-corrected chi connectivity index (χ2v) is 7.14. The van der Waals surface area contributed by atoms with Crippen LogP contribution in [0.25, 0.3) is 21.9 Å². The van der Waals surface area contributed by atoms with Crippen molar-refractivity contribution in [3.8, 4) is 5.75 Å². The van der Waals surface area contributed by atoms with Gasteiger partial charge in [0.05, 0.1) is 12.4 Å². The number of carbonyl (C=O) groups excluding carboxylic acids is 1. The number of ether oxygens (including phenoxy) is 1. The molecule has 0 amide bonds. The van der Waals surface area contributed by atoms with Crippen LogP contribution in [0.15, 0.2) is 43.0 Å². The molecule has 4 aromatic rings. The molecule has 0 aliphatic carbocycles. The minimum Gasteiger partial charge on any atom is -0.491 e. The van der Waals surface area contributed by atoms with Gasteiger partial charge in [-0.15, -0.1) is 0 Å². The van der Waals surface area contributed by atoms with Crippen LogP contribution < -0.4 is 15.4 Å². The van der Waals surface area contributed by atoms with Gasteiger partial charge in [0, 0.05) is 23.2 Å². The van der Waals surface area contributed by atoms with E-state index in [0.717, 1.165) is 53.4 Å². The maximum Gasteiger partial charge on any atom is 0.162 e. The van der Waals surface area contributed by atoms with E-state index in [9.17, 15) is 4.79 Å². The van der Waals surface area contributed by atoms with Crippen LogP contribution in [0.2, 0.25) is 0 Å². The van der Waals surface area contributed by atoms with E-state index in [4.69, 9.17) is 10.5 Å². The maximum absolute atomic E-state index is 11.6. The Morgan fingerprint density at radius 2 is 2.17 bits per heavy atom. The molecule has 1 atom stereocenters. The average molecular weight is 388 g/mol. The Labute approximate surface area is 166 Å². The van der Waals surface area contributed by atoms with Crippen LogP contribution >= 0.6 is 0 Å². The third-order valence-electron chi connectivity index (χ3n) is 5.48. The van der Waals surface area contributed by atoms with Crippen LogP contribution in [0.3, 0.4) is 0 Å². The molecule has 3 N–H and O–H groups in total. The van der Waals surface area contributed by atoms with Gasteiger partial charge in [0.1, 0.15) is 24.2 Å². The number of aromatic amines is 1. The normalized spacial score (nSPS) is 16.6. The molecule has 5 rings (SSSR count). The summed E-state index contributed by atoms with van der Waals surface area (Å²) in [5.74, 6) is 1.48. The minimum absolute atomic E-state index is 0.154. The lowest BCUT2D eigenvalue weighted by atomic mass is 10.0. The summed E-state index contributed by atoms with van der Waals surface area (Å²) < 4.78 is 6.22. The number of imidazole rings is 1. The van der Waals surface area contributed by atoms with E-state index < -0.39 is 0 Å². The summed E-state index contributed by atoms with van der Waals surface area (Å²) >= 11 is 0. The number of rotatable bonds is 5. The molecule has 0 radical (unpaired) electrons. The number of nitrogens with two attached hydrogens (primary N) is 1. The summed E-state index contributed by atoms with van der Waals surface area (Å²) in [5, 5.41) is 1.68. The van der Waals surface area contributed by atoms with Crippen LogP contribution in [0.4, 0.5) is 11.5 Å². The molecule has 0 unspecified atom stereocenters. The fourth-order valence-electron chi connectivity index (χ4n) is 4.07. The van der Waals surface area contributed by atoms with Crippen molar-refractivity contribution in [2.45, 2.75) is 18.9 Å². The molecular weight excluding hydrogens is 368 g/mol. The van der Waals surface area contributed by atoms with Gasteiger partial charge in [0.25, 0.3) is 0 Å². The van der Waals surface area contributed by atoms with E-state index >= 15 is 0 Å². The van der Waals surface area contributed by atoms with Gasteiger partial charge in [-0.25, -0.2) is 15.0 Å². The zero-order valence-corrected chi connectivity index (χ0v) is 15.7. The van der Waals surface area contributed by atoms with Gasteiger partial charge in [-0.1, -0.05) is 18.2 Å². The number of carbonyl (C=O) groups is 1. The smallest absolute Gasteiger partial charge is 0.162 e. The Bertz CT molecular complexity index is 1200. The van der Waals surface area contributed by atoms with E-state index in [2.05, 4.69) is 24.8 Å². The van der Waals surface area contributed by atoms with Crippen molar-refractivity contribution >= 4 is 39.7 Å². The lowest BCUT2D eigenvalue weighted by molar-refractivity contribution is 0.112. The van der Waals surface area contributed by atoms with Gasteiger partial charge in [-0.2, -0.15) is 0 Å². The monoisotopic (exact) mass is 388 g/mol. The van der Waals surface area contributed by atoms with Crippen molar-refractivity contribution < 1.29 is 9.53 Å². The quantitative estimate of drug-likeness (QED) is 0.399. The SMILES string of the molecule is Nc1ccc2cccc(OC[C@H]3CCCN3c3ncnc4[nH]cnc34)c2c1C=O. The van der Waals surface area contributed by atoms with Gasteiger partial charge in [0.15, 0.2) is 17.8 Å².